The van der Waals surface area contributed by atoms with Crippen molar-refractivity contribution in [1.29, 1.82) is 0 Å². The summed E-state index contributed by atoms with van der Waals surface area (Å²) in [6, 6.07) is 3.12. The summed E-state index contributed by atoms with van der Waals surface area (Å²) >= 11 is 5.65. The maximum absolute atomic E-state index is 13.6. The highest BCUT2D eigenvalue weighted by Crippen LogP contribution is 2.29. The molecule has 0 bridgehead atoms. The number of pyridine rings is 1. The summed E-state index contributed by atoms with van der Waals surface area (Å²) in [5, 5.41) is 0.370. The van der Waals surface area contributed by atoms with Crippen LogP contribution in [0.4, 0.5) is 10.1 Å². The highest BCUT2D eigenvalue weighted by Gasteiger charge is 2.10. The second-order valence-corrected chi connectivity index (χ2v) is 3.52. The number of nitrogens with two attached hydrogens (primary N) is 1. The second-order valence-electron chi connectivity index (χ2n) is 3.11. The highest BCUT2D eigenvalue weighted by molar-refractivity contribution is 6.31. The van der Waals surface area contributed by atoms with Crippen LogP contribution in [0.1, 0.15) is 5.56 Å². The molecule has 72 valence electrons. The van der Waals surface area contributed by atoms with E-state index >= 15 is 0 Å². The van der Waals surface area contributed by atoms with Gasteiger partial charge >= 0.3 is 0 Å². The van der Waals surface area contributed by atoms with E-state index in [0.717, 1.165) is 5.56 Å². The van der Waals surface area contributed by atoms with E-state index in [4.69, 9.17) is 17.3 Å². The summed E-state index contributed by atoms with van der Waals surface area (Å²) in [6.45, 7) is 1.78. The summed E-state index contributed by atoms with van der Waals surface area (Å²) in [6.07, 6.45) is 1.62. The van der Waals surface area contributed by atoms with Crippen molar-refractivity contribution in [2.24, 2.45) is 0 Å². The maximum atomic E-state index is 13.6. The Labute approximate surface area is 85.5 Å². The predicted molar refractivity (Wildman–Crippen MR) is 55.9 cm³/mol. The molecular weight excluding hydrogens is 203 g/mol. The van der Waals surface area contributed by atoms with Crippen LogP contribution in [0.5, 0.6) is 0 Å². The Morgan fingerprint density at radius 1 is 1.43 bits per heavy atom. The van der Waals surface area contributed by atoms with Crippen LogP contribution in [-0.4, -0.2) is 4.98 Å². The van der Waals surface area contributed by atoms with Gasteiger partial charge in [-0.1, -0.05) is 11.6 Å². The number of nitrogens with zero attached hydrogens (tertiary/aromatic N) is 1. The fourth-order valence-electron chi connectivity index (χ4n) is 1.34. The van der Waals surface area contributed by atoms with Gasteiger partial charge in [0.1, 0.15) is 0 Å². The number of aromatic nitrogens is 1. The summed E-state index contributed by atoms with van der Waals surface area (Å²) in [4.78, 5) is 4.06. The van der Waals surface area contributed by atoms with Crippen molar-refractivity contribution in [3.05, 3.63) is 34.7 Å². The number of anilines is 1. The van der Waals surface area contributed by atoms with Crippen molar-refractivity contribution in [3.63, 3.8) is 0 Å². The molecule has 0 unspecified atom stereocenters. The van der Waals surface area contributed by atoms with Gasteiger partial charge in [0.25, 0.3) is 0 Å². The minimum Gasteiger partial charge on any atom is -0.398 e. The van der Waals surface area contributed by atoms with Crippen LogP contribution in [0.25, 0.3) is 10.9 Å². The SMILES string of the molecule is Cc1cnc2ccc(Cl)c(F)c2c1N. The van der Waals surface area contributed by atoms with Crippen LogP contribution in [0.2, 0.25) is 5.02 Å². The monoisotopic (exact) mass is 210 g/mol. The van der Waals surface area contributed by atoms with Gasteiger partial charge in [0.05, 0.1) is 15.9 Å². The fraction of sp³-hybridized carbons (Fsp3) is 0.100. The Kier molecular flexibility index (Phi) is 2.04. The van der Waals surface area contributed by atoms with Crippen LogP contribution in [-0.2, 0) is 0 Å². The van der Waals surface area contributed by atoms with E-state index in [2.05, 4.69) is 4.98 Å². The number of nitrogen functional groups attached to an aromatic ring is 1. The lowest BCUT2D eigenvalue weighted by Crippen LogP contribution is -1.95. The van der Waals surface area contributed by atoms with E-state index in [9.17, 15) is 4.39 Å². The molecular formula is C10H8ClFN2. The Hall–Kier alpha value is -1.35. The summed E-state index contributed by atoms with van der Waals surface area (Å²) in [5.41, 5.74) is 7.42. The molecule has 0 amide bonds. The quantitative estimate of drug-likeness (QED) is 0.726. The van der Waals surface area contributed by atoms with Crippen molar-refractivity contribution in [3.8, 4) is 0 Å². The van der Waals surface area contributed by atoms with Gasteiger partial charge in [0.15, 0.2) is 5.82 Å². The molecule has 0 atom stereocenters. The molecule has 1 aromatic carbocycles. The van der Waals surface area contributed by atoms with Gasteiger partial charge in [0, 0.05) is 11.9 Å². The third-order valence-electron chi connectivity index (χ3n) is 2.16. The first kappa shape index (κ1) is 9.21. The van der Waals surface area contributed by atoms with Gasteiger partial charge < -0.3 is 5.73 Å². The number of benzene rings is 1. The topological polar surface area (TPSA) is 38.9 Å². The maximum Gasteiger partial charge on any atom is 0.153 e. The molecule has 14 heavy (non-hydrogen) atoms. The number of hydrogen-bond acceptors (Lipinski definition) is 2. The first-order valence-electron chi connectivity index (χ1n) is 4.10. The molecule has 0 saturated heterocycles. The zero-order chi connectivity index (χ0) is 10.3. The Morgan fingerprint density at radius 3 is 2.86 bits per heavy atom. The molecule has 0 aliphatic carbocycles. The molecule has 0 aliphatic rings. The van der Waals surface area contributed by atoms with Gasteiger partial charge in [-0.2, -0.15) is 0 Å². The zero-order valence-corrected chi connectivity index (χ0v) is 8.27. The van der Waals surface area contributed by atoms with E-state index in [1.807, 2.05) is 0 Å². The standard InChI is InChI=1S/C10H8ClFN2/c1-5-4-14-7-3-2-6(11)9(12)8(7)10(5)13/h2-4H,1H3,(H2,13,14). The zero-order valence-electron chi connectivity index (χ0n) is 7.51. The number of rotatable bonds is 0. The van der Waals surface area contributed by atoms with Gasteiger partial charge in [0.2, 0.25) is 0 Å². The van der Waals surface area contributed by atoms with Crippen molar-refractivity contribution < 1.29 is 4.39 Å². The average Bonchev–Trinajstić information content (AvgIpc) is 2.17. The van der Waals surface area contributed by atoms with E-state index in [0.29, 0.717) is 16.6 Å². The lowest BCUT2D eigenvalue weighted by atomic mass is 10.1. The summed E-state index contributed by atoms with van der Waals surface area (Å²) in [7, 11) is 0. The molecule has 2 rings (SSSR count). The molecule has 2 N–H and O–H groups in total. The average molecular weight is 211 g/mol. The molecule has 2 nitrogen and oxygen atoms in total. The lowest BCUT2D eigenvalue weighted by molar-refractivity contribution is 0.640. The highest BCUT2D eigenvalue weighted by atomic mass is 35.5. The van der Waals surface area contributed by atoms with Crippen LogP contribution in [0.15, 0.2) is 18.3 Å². The number of hydrogen-bond donors (Lipinski definition) is 1. The number of aryl methyl sites for hydroxylation is 1. The van der Waals surface area contributed by atoms with E-state index in [-0.39, 0.29) is 5.02 Å². The Bertz CT molecular complexity index is 468. The van der Waals surface area contributed by atoms with Crippen molar-refractivity contribution in [2.75, 3.05) is 5.73 Å². The van der Waals surface area contributed by atoms with Crippen molar-refractivity contribution >= 4 is 28.2 Å². The molecule has 0 spiro atoms. The molecule has 4 heteroatoms. The van der Waals surface area contributed by atoms with Gasteiger partial charge in [-0.05, 0) is 24.6 Å². The van der Waals surface area contributed by atoms with Crippen molar-refractivity contribution in [1.82, 2.24) is 4.98 Å². The third-order valence-corrected chi connectivity index (χ3v) is 2.46. The minimum absolute atomic E-state index is 0.0663. The van der Waals surface area contributed by atoms with Crippen LogP contribution in [0.3, 0.4) is 0 Å². The third kappa shape index (κ3) is 1.21. The second kappa shape index (κ2) is 3.10. The molecule has 0 saturated carbocycles. The van der Waals surface area contributed by atoms with Crippen LogP contribution < -0.4 is 5.73 Å². The number of halogens is 2. The van der Waals surface area contributed by atoms with E-state index in [1.54, 1.807) is 19.2 Å². The lowest BCUT2D eigenvalue weighted by Gasteiger charge is -2.06. The number of fused-ring (bicyclic) bond motifs is 1. The largest absolute Gasteiger partial charge is 0.398 e. The molecule has 2 aromatic rings. The van der Waals surface area contributed by atoms with E-state index in [1.165, 1.54) is 6.07 Å². The van der Waals surface area contributed by atoms with Gasteiger partial charge in [-0.25, -0.2) is 4.39 Å². The molecule has 0 aliphatic heterocycles. The Morgan fingerprint density at radius 2 is 2.14 bits per heavy atom. The van der Waals surface area contributed by atoms with Gasteiger partial charge in [-0.15, -0.1) is 0 Å². The van der Waals surface area contributed by atoms with E-state index < -0.39 is 5.82 Å². The molecule has 1 heterocycles. The minimum atomic E-state index is -0.502. The van der Waals surface area contributed by atoms with Crippen LogP contribution in [0, 0.1) is 12.7 Å². The Balaban J connectivity index is 2.98. The van der Waals surface area contributed by atoms with Gasteiger partial charge in [-0.3, -0.25) is 4.98 Å². The normalized spacial score (nSPS) is 10.8. The van der Waals surface area contributed by atoms with Crippen molar-refractivity contribution in [2.45, 2.75) is 6.92 Å². The molecule has 1 aromatic heterocycles. The predicted octanol–water partition coefficient (Wildman–Crippen LogP) is 2.92. The first-order valence-corrected chi connectivity index (χ1v) is 4.48. The van der Waals surface area contributed by atoms with Crippen LogP contribution >= 0.6 is 11.6 Å². The fourth-order valence-corrected chi connectivity index (χ4v) is 1.49. The smallest absolute Gasteiger partial charge is 0.153 e. The summed E-state index contributed by atoms with van der Waals surface area (Å²) < 4.78 is 13.6. The summed E-state index contributed by atoms with van der Waals surface area (Å²) in [5.74, 6) is -0.502. The molecule has 0 fully saturated rings. The first-order chi connectivity index (χ1) is 6.61. The molecule has 0 radical (unpaired) electrons.